The number of urea groups is 1. The van der Waals surface area contributed by atoms with Gasteiger partial charge in [0.1, 0.15) is 24.3 Å². The van der Waals surface area contributed by atoms with Gasteiger partial charge in [-0.25, -0.2) is 9.59 Å². The van der Waals surface area contributed by atoms with Crippen LogP contribution in [0, 0.1) is 6.92 Å². The van der Waals surface area contributed by atoms with E-state index in [-0.39, 0.29) is 6.54 Å². The summed E-state index contributed by atoms with van der Waals surface area (Å²) in [5.41, 5.74) is 0.693. The van der Waals surface area contributed by atoms with E-state index in [2.05, 4.69) is 5.32 Å². The Labute approximate surface area is 177 Å². The lowest BCUT2D eigenvalue weighted by Crippen LogP contribution is -2.41. The van der Waals surface area contributed by atoms with Gasteiger partial charge in [0.2, 0.25) is 0 Å². The second-order valence-electron chi connectivity index (χ2n) is 7.90. The van der Waals surface area contributed by atoms with E-state index in [1.54, 1.807) is 31.2 Å². The van der Waals surface area contributed by atoms with Crippen molar-refractivity contribution in [3.63, 3.8) is 0 Å². The Bertz CT molecular complexity index is 1300. The maximum Gasteiger partial charge on any atom is 0.336 e. The highest BCUT2D eigenvalue weighted by Gasteiger charge is 2.49. The molecule has 0 spiro atoms. The van der Waals surface area contributed by atoms with Crippen molar-refractivity contribution in [3.05, 3.63) is 69.6 Å². The van der Waals surface area contributed by atoms with Crippen molar-refractivity contribution >= 4 is 22.9 Å². The molecule has 1 saturated heterocycles. The van der Waals surface area contributed by atoms with Gasteiger partial charge in [-0.3, -0.25) is 9.69 Å². The minimum Gasteiger partial charge on any atom is -0.486 e. The summed E-state index contributed by atoms with van der Waals surface area (Å²) in [6, 6.07) is 11.4. The number of hydrogen-bond acceptors (Lipinski definition) is 6. The first-order valence-corrected chi connectivity index (χ1v) is 9.93. The fourth-order valence-corrected chi connectivity index (χ4v) is 4.03. The van der Waals surface area contributed by atoms with Gasteiger partial charge in [0.25, 0.3) is 5.91 Å². The summed E-state index contributed by atoms with van der Waals surface area (Å²) in [6.07, 6.45) is 0. The molecule has 31 heavy (non-hydrogen) atoms. The van der Waals surface area contributed by atoms with Gasteiger partial charge in [-0.15, -0.1) is 0 Å². The summed E-state index contributed by atoms with van der Waals surface area (Å²) < 4.78 is 16.4. The molecule has 8 heteroatoms. The Morgan fingerprint density at radius 1 is 1.00 bits per heavy atom. The van der Waals surface area contributed by atoms with Crippen LogP contribution in [0.2, 0.25) is 0 Å². The highest BCUT2D eigenvalue weighted by atomic mass is 16.6. The van der Waals surface area contributed by atoms with Crippen molar-refractivity contribution < 1.29 is 23.5 Å². The number of amides is 3. The highest BCUT2D eigenvalue weighted by molar-refractivity contribution is 6.07. The predicted octanol–water partition coefficient (Wildman–Crippen LogP) is 2.84. The molecule has 1 N–H and O–H groups in total. The number of nitrogens with zero attached hydrogens (tertiary/aromatic N) is 1. The van der Waals surface area contributed by atoms with Crippen molar-refractivity contribution in [2.24, 2.45) is 0 Å². The molecule has 1 atom stereocenters. The normalized spacial score (nSPS) is 20.3. The molecule has 0 radical (unpaired) electrons. The van der Waals surface area contributed by atoms with E-state index < -0.39 is 23.1 Å². The second-order valence-corrected chi connectivity index (χ2v) is 7.90. The van der Waals surface area contributed by atoms with E-state index in [4.69, 9.17) is 13.9 Å². The molecule has 5 rings (SSSR count). The summed E-state index contributed by atoms with van der Waals surface area (Å²) in [5.74, 6) is 0.722. The van der Waals surface area contributed by atoms with Gasteiger partial charge < -0.3 is 19.2 Å². The second kappa shape index (κ2) is 6.87. The third kappa shape index (κ3) is 3.11. The average molecular weight is 420 g/mol. The van der Waals surface area contributed by atoms with E-state index in [1.807, 2.05) is 19.1 Å². The van der Waals surface area contributed by atoms with Crippen LogP contribution in [-0.2, 0) is 16.9 Å². The molecule has 3 amide bonds. The minimum absolute atomic E-state index is 0.0457. The van der Waals surface area contributed by atoms with Gasteiger partial charge in [-0.05, 0) is 48.7 Å². The van der Waals surface area contributed by atoms with Crippen LogP contribution >= 0.6 is 0 Å². The first-order valence-electron chi connectivity index (χ1n) is 9.93. The van der Waals surface area contributed by atoms with Crippen LogP contribution in [0.4, 0.5) is 4.79 Å². The number of aryl methyl sites for hydroxylation is 1. The Morgan fingerprint density at radius 3 is 2.58 bits per heavy atom. The fourth-order valence-electron chi connectivity index (χ4n) is 4.03. The summed E-state index contributed by atoms with van der Waals surface area (Å²) >= 11 is 0. The number of benzene rings is 2. The van der Waals surface area contributed by atoms with Crippen molar-refractivity contribution in [1.82, 2.24) is 10.2 Å². The zero-order chi connectivity index (χ0) is 21.8. The Hall–Kier alpha value is -3.81. The van der Waals surface area contributed by atoms with E-state index in [0.29, 0.717) is 46.8 Å². The number of rotatable bonds is 3. The number of fused-ring (bicyclic) bond motifs is 2. The maximum absolute atomic E-state index is 13.4. The summed E-state index contributed by atoms with van der Waals surface area (Å²) in [4.78, 5) is 39.3. The van der Waals surface area contributed by atoms with Gasteiger partial charge in [0.15, 0.2) is 11.5 Å². The Kier molecular flexibility index (Phi) is 4.25. The first-order chi connectivity index (χ1) is 14.8. The Morgan fingerprint density at radius 2 is 1.77 bits per heavy atom. The zero-order valence-corrected chi connectivity index (χ0v) is 17.1. The lowest BCUT2D eigenvalue weighted by atomic mass is 9.91. The van der Waals surface area contributed by atoms with Crippen LogP contribution < -0.4 is 20.4 Å². The van der Waals surface area contributed by atoms with E-state index in [9.17, 15) is 14.4 Å². The van der Waals surface area contributed by atoms with Crippen molar-refractivity contribution in [3.8, 4) is 11.5 Å². The molecule has 0 saturated carbocycles. The van der Waals surface area contributed by atoms with Crippen molar-refractivity contribution in [2.45, 2.75) is 25.9 Å². The number of imide groups is 1. The van der Waals surface area contributed by atoms with Crippen LogP contribution in [-0.4, -0.2) is 30.1 Å². The maximum atomic E-state index is 13.4. The van der Waals surface area contributed by atoms with E-state index in [0.717, 1.165) is 10.5 Å². The molecule has 2 aliphatic heterocycles. The molecule has 0 bridgehead atoms. The lowest BCUT2D eigenvalue weighted by molar-refractivity contribution is -0.131. The number of hydrogen-bond donors (Lipinski definition) is 1. The number of carbonyl (C=O) groups is 2. The van der Waals surface area contributed by atoms with Gasteiger partial charge in [-0.1, -0.05) is 18.2 Å². The standard InChI is InChI=1S/C23H20N2O6/c1-13-3-5-16-14(10-20(26)31-18(16)9-13)12-25-21(27)23(2,24-22(25)28)15-4-6-17-19(11-15)30-8-7-29-17/h3-6,9-11H,7-8,12H2,1-2H3,(H,24,28)/t23-/m0/s1. The Balaban J connectivity index is 1.50. The SMILES string of the molecule is Cc1ccc2c(CN3C(=O)N[C@@](C)(c4ccc5c(c4)OCCO5)C3=O)cc(=O)oc2c1. The van der Waals surface area contributed by atoms with E-state index in [1.165, 1.54) is 6.07 Å². The third-order valence-corrected chi connectivity index (χ3v) is 5.71. The summed E-state index contributed by atoms with van der Waals surface area (Å²) in [5, 5.41) is 3.46. The molecule has 2 aromatic carbocycles. The smallest absolute Gasteiger partial charge is 0.336 e. The van der Waals surface area contributed by atoms with Crippen LogP contribution in [0.25, 0.3) is 11.0 Å². The molecule has 2 aliphatic rings. The summed E-state index contributed by atoms with van der Waals surface area (Å²) in [6.45, 7) is 4.38. The highest BCUT2D eigenvalue weighted by Crippen LogP contribution is 2.37. The lowest BCUT2D eigenvalue weighted by Gasteiger charge is -2.25. The monoisotopic (exact) mass is 420 g/mol. The topological polar surface area (TPSA) is 98.1 Å². The average Bonchev–Trinajstić information content (AvgIpc) is 2.97. The molecule has 1 aromatic heterocycles. The molecule has 0 unspecified atom stereocenters. The number of ether oxygens (including phenoxy) is 2. The molecule has 3 heterocycles. The molecular weight excluding hydrogens is 400 g/mol. The first kappa shape index (κ1) is 19.2. The molecule has 3 aromatic rings. The molecule has 8 nitrogen and oxygen atoms in total. The van der Waals surface area contributed by atoms with Gasteiger partial charge in [0.05, 0.1) is 6.54 Å². The molecule has 1 fully saturated rings. The molecule has 158 valence electrons. The van der Waals surface area contributed by atoms with E-state index >= 15 is 0 Å². The number of nitrogens with one attached hydrogen (secondary N) is 1. The van der Waals surface area contributed by atoms with Gasteiger partial charge in [-0.2, -0.15) is 0 Å². The van der Waals surface area contributed by atoms with Crippen molar-refractivity contribution in [2.75, 3.05) is 13.2 Å². The molecule has 0 aliphatic carbocycles. The van der Waals surface area contributed by atoms with Gasteiger partial charge >= 0.3 is 11.7 Å². The summed E-state index contributed by atoms with van der Waals surface area (Å²) in [7, 11) is 0. The zero-order valence-electron chi connectivity index (χ0n) is 17.1. The van der Waals surface area contributed by atoms with Crippen LogP contribution in [0.3, 0.4) is 0 Å². The fraction of sp³-hybridized carbons (Fsp3) is 0.261. The molecular formula is C23H20N2O6. The predicted molar refractivity (Wildman–Crippen MR) is 111 cm³/mol. The third-order valence-electron chi connectivity index (χ3n) is 5.71. The van der Waals surface area contributed by atoms with Gasteiger partial charge in [0, 0.05) is 11.5 Å². The number of carbonyl (C=O) groups excluding carboxylic acids is 2. The van der Waals surface area contributed by atoms with Crippen LogP contribution in [0.5, 0.6) is 11.5 Å². The quantitative estimate of drug-likeness (QED) is 0.517. The van der Waals surface area contributed by atoms with Crippen molar-refractivity contribution in [1.29, 1.82) is 0 Å². The largest absolute Gasteiger partial charge is 0.486 e. The van der Waals surface area contributed by atoms with Crippen LogP contribution in [0.1, 0.15) is 23.6 Å². The minimum atomic E-state index is -1.27. The van der Waals surface area contributed by atoms with Crippen LogP contribution in [0.15, 0.2) is 51.7 Å².